The van der Waals surface area contributed by atoms with Gasteiger partial charge in [0.2, 0.25) is 0 Å². The van der Waals surface area contributed by atoms with Crippen molar-refractivity contribution < 1.29 is 9.90 Å². The molecule has 0 spiro atoms. The maximum absolute atomic E-state index is 11.1. The van der Waals surface area contributed by atoms with Crippen LogP contribution in [0.15, 0.2) is 0 Å². The van der Waals surface area contributed by atoms with E-state index in [1.54, 1.807) is 0 Å². The summed E-state index contributed by atoms with van der Waals surface area (Å²) in [5, 5.41) is 11.1. The van der Waals surface area contributed by atoms with E-state index in [2.05, 4.69) is 13.8 Å². The molecular formula is C18H35O2. The van der Waals surface area contributed by atoms with Crippen LogP contribution in [0.2, 0.25) is 0 Å². The van der Waals surface area contributed by atoms with Crippen LogP contribution >= 0.6 is 0 Å². The SMILES string of the molecule is CCCCCCCCCC(CCCCCCC)C([O])=O. The lowest BCUT2D eigenvalue weighted by Gasteiger charge is -2.10. The molecule has 0 bridgehead atoms. The Balaban J connectivity index is 3.52. The van der Waals surface area contributed by atoms with E-state index in [0.717, 1.165) is 25.7 Å². The van der Waals surface area contributed by atoms with Crippen molar-refractivity contribution in [3.8, 4) is 0 Å². The molecule has 119 valence electrons. The zero-order valence-corrected chi connectivity index (χ0v) is 13.8. The molecular weight excluding hydrogens is 248 g/mol. The Morgan fingerprint density at radius 3 is 1.35 bits per heavy atom. The van der Waals surface area contributed by atoms with Gasteiger partial charge in [0.1, 0.15) is 0 Å². The summed E-state index contributed by atoms with van der Waals surface area (Å²) in [5.74, 6) is -1.03. The molecule has 1 radical (unpaired) electrons. The van der Waals surface area contributed by atoms with Gasteiger partial charge in [-0.1, -0.05) is 90.9 Å². The maximum Gasteiger partial charge on any atom is 0.358 e. The van der Waals surface area contributed by atoms with E-state index in [4.69, 9.17) is 0 Å². The zero-order chi connectivity index (χ0) is 15.1. The average molecular weight is 283 g/mol. The van der Waals surface area contributed by atoms with E-state index in [0.29, 0.717) is 0 Å². The molecule has 0 heterocycles. The highest BCUT2D eigenvalue weighted by molar-refractivity contribution is 5.69. The first-order valence-electron chi connectivity index (χ1n) is 8.93. The lowest BCUT2D eigenvalue weighted by Crippen LogP contribution is -2.12. The van der Waals surface area contributed by atoms with Gasteiger partial charge >= 0.3 is 5.97 Å². The van der Waals surface area contributed by atoms with Gasteiger partial charge in [0.05, 0.1) is 5.92 Å². The highest BCUT2D eigenvalue weighted by Crippen LogP contribution is 2.19. The summed E-state index contributed by atoms with van der Waals surface area (Å²) >= 11 is 0. The van der Waals surface area contributed by atoms with Crippen molar-refractivity contribution in [3.63, 3.8) is 0 Å². The van der Waals surface area contributed by atoms with E-state index in [-0.39, 0.29) is 5.92 Å². The number of rotatable bonds is 15. The molecule has 0 aliphatic rings. The average Bonchev–Trinajstić information content (AvgIpc) is 2.43. The monoisotopic (exact) mass is 283 g/mol. The summed E-state index contributed by atoms with van der Waals surface area (Å²) in [6.45, 7) is 4.43. The summed E-state index contributed by atoms with van der Waals surface area (Å²) in [4.78, 5) is 11.1. The van der Waals surface area contributed by atoms with E-state index in [9.17, 15) is 9.90 Å². The van der Waals surface area contributed by atoms with Crippen molar-refractivity contribution in [1.82, 2.24) is 0 Å². The number of unbranched alkanes of at least 4 members (excludes halogenated alkanes) is 10. The molecule has 0 aliphatic heterocycles. The third kappa shape index (κ3) is 12.5. The Bertz CT molecular complexity index is 213. The summed E-state index contributed by atoms with van der Waals surface area (Å²) < 4.78 is 0. The van der Waals surface area contributed by atoms with Gasteiger partial charge in [-0.25, -0.2) is 9.90 Å². The molecule has 2 heteroatoms. The summed E-state index contributed by atoms with van der Waals surface area (Å²) in [7, 11) is 0. The quantitative estimate of drug-likeness (QED) is 0.336. The largest absolute Gasteiger partial charge is 0.358 e. The van der Waals surface area contributed by atoms with Crippen molar-refractivity contribution >= 4 is 5.97 Å². The maximum atomic E-state index is 11.1. The van der Waals surface area contributed by atoms with Gasteiger partial charge in [0.15, 0.2) is 0 Å². The van der Waals surface area contributed by atoms with Crippen molar-refractivity contribution in [2.45, 2.75) is 104 Å². The van der Waals surface area contributed by atoms with Crippen LogP contribution in [-0.2, 0) is 9.90 Å². The van der Waals surface area contributed by atoms with E-state index in [1.807, 2.05) is 0 Å². The number of carbonyl (C=O) groups excluding carboxylic acids is 1. The predicted molar refractivity (Wildman–Crippen MR) is 85.2 cm³/mol. The fourth-order valence-electron chi connectivity index (χ4n) is 2.72. The van der Waals surface area contributed by atoms with Crippen molar-refractivity contribution in [1.29, 1.82) is 0 Å². The van der Waals surface area contributed by atoms with Gasteiger partial charge in [-0.2, -0.15) is 0 Å². The molecule has 1 unspecified atom stereocenters. The second-order valence-corrected chi connectivity index (χ2v) is 6.13. The lowest BCUT2D eigenvalue weighted by atomic mass is 9.94. The van der Waals surface area contributed by atoms with Gasteiger partial charge in [-0.3, -0.25) is 0 Å². The Kier molecular flexibility index (Phi) is 14.5. The molecule has 0 saturated heterocycles. The molecule has 20 heavy (non-hydrogen) atoms. The normalized spacial score (nSPS) is 12.5. The summed E-state index contributed by atoms with van der Waals surface area (Å²) in [6.07, 6.45) is 16.4. The van der Waals surface area contributed by atoms with Gasteiger partial charge in [-0.05, 0) is 12.8 Å². The molecule has 0 rings (SSSR count). The van der Waals surface area contributed by atoms with Crippen molar-refractivity contribution in [3.05, 3.63) is 0 Å². The lowest BCUT2D eigenvalue weighted by molar-refractivity contribution is -0.148. The minimum Gasteiger partial charge on any atom is -0.247 e. The van der Waals surface area contributed by atoms with Crippen LogP contribution in [0.3, 0.4) is 0 Å². The molecule has 0 N–H and O–H groups in total. The first-order chi connectivity index (χ1) is 9.72. The van der Waals surface area contributed by atoms with Crippen LogP contribution in [-0.4, -0.2) is 5.97 Å². The summed E-state index contributed by atoms with van der Waals surface area (Å²) in [6, 6.07) is 0. The Morgan fingerprint density at radius 1 is 0.650 bits per heavy atom. The van der Waals surface area contributed by atoms with Crippen LogP contribution < -0.4 is 0 Å². The Labute approximate surface area is 126 Å². The Hall–Kier alpha value is -0.530. The second-order valence-electron chi connectivity index (χ2n) is 6.13. The highest BCUT2D eigenvalue weighted by Gasteiger charge is 2.18. The third-order valence-corrected chi connectivity index (χ3v) is 4.15. The molecule has 0 aromatic carbocycles. The summed E-state index contributed by atoms with van der Waals surface area (Å²) in [5.41, 5.74) is 0. The van der Waals surface area contributed by atoms with E-state index in [1.165, 1.54) is 64.2 Å². The van der Waals surface area contributed by atoms with Gasteiger partial charge in [0, 0.05) is 0 Å². The topological polar surface area (TPSA) is 37.0 Å². The molecule has 0 aliphatic carbocycles. The van der Waals surface area contributed by atoms with Crippen molar-refractivity contribution in [2.24, 2.45) is 5.92 Å². The first kappa shape index (κ1) is 19.5. The van der Waals surface area contributed by atoms with Crippen LogP contribution in [0, 0.1) is 5.92 Å². The second kappa shape index (κ2) is 14.9. The van der Waals surface area contributed by atoms with Gasteiger partial charge in [-0.15, -0.1) is 0 Å². The fraction of sp³-hybridized carbons (Fsp3) is 0.944. The van der Waals surface area contributed by atoms with Gasteiger partial charge < -0.3 is 0 Å². The number of hydrogen-bond donors (Lipinski definition) is 0. The van der Waals surface area contributed by atoms with Crippen LogP contribution in [0.1, 0.15) is 104 Å². The highest BCUT2D eigenvalue weighted by atomic mass is 16.4. The van der Waals surface area contributed by atoms with E-state index >= 15 is 0 Å². The molecule has 2 nitrogen and oxygen atoms in total. The first-order valence-corrected chi connectivity index (χ1v) is 8.93. The smallest absolute Gasteiger partial charge is 0.247 e. The van der Waals surface area contributed by atoms with Crippen molar-refractivity contribution in [2.75, 3.05) is 0 Å². The number of hydrogen-bond acceptors (Lipinski definition) is 1. The fourth-order valence-corrected chi connectivity index (χ4v) is 2.72. The zero-order valence-electron chi connectivity index (χ0n) is 13.8. The van der Waals surface area contributed by atoms with Crippen LogP contribution in [0.5, 0.6) is 0 Å². The molecule has 0 aromatic heterocycles. The number of carbonyl (C=O) groups is 1. The molecule has 0 amide bonds. The standard InChI is InChI=1S/C18H35O2/c1-3-5-7-9-10-12-14-16-17(18(19)20)15-13-11-8-6-4-2/h17H,3-16H2,1-2H3. The third-order valence-electron chi connectivity index (χ3n) is 4.15. The molecule has 1 atom stereocenters. The molecule has 0 saturated carbocycles. The van der Waals surface area contributed by atoms with E-state index < -0.39 is 5.97 Å². The minimum absolute atomic E-state index is 0.202. The molecule has 0 fully saturated rings. The van der Waals surface area contributed by atoms with Crippen LogP contribution in [0.4, 0.5) is 0 Å². The molecule has 0 aromatic rings. The Morgan fingerprint density at radius 2 is 1.00 bits per heavy atom. The minimum atomic E-state index is -0.827. The van der Waals surface area contributed by atoms with Gasteiger partial charge in [0.25, 0.3) is 0 Å². The predicted octanol–water partition coefficient (Wildman–Crippen LogP) is 6.06. The van der Waals surface area contributed by atoms with Crippen LogP contribution in [0.25, 0.3) is 0 Å².